The minimum atomic E-state index is -0.251. The van der Waals surface area contributed by atoms with E-state index in [4.69, 9.17) is 20.9 Å². The van der Waals surface area contributed by atoms with E-state index in [2.05, 4.69) is 0 Å². The van der Waals surface area contributed by atoms with E-state index in [1.165, 1.54) is 0 Å². The first-order valence-electron chi connectivity index (χ1n) is 7.43. The van der Waals surface area contributed by atoms with E-state index >= 15 is 0 Å². The molecule has 116 valence electrons. The monoisotopic (exact) mass is 295 g/mol. The molecule has 2 fully saturated rings. The molecule has 1 saturated carbocycles. The van der Waals surface area contributed by atoms with Gasteiger partial charge in [-0.05, 0) is 25.0 Å². The summed E-state index contributed by atoms with van der Waals surface area (Å²) in [6, 6.07) is 3.40. The number of nitrogens with two attached hydrogens (primary N) is 2. The Morgan fingerprint density at radius 1 is 1.29 bits per heavy atom. The Balaban J connectivity index is 1.74. The number of rotatable bonds is 4. The summed E-state index contributed by atoms with van der Waals surface area (Å²) in [6.45, 7) is 2.78. The van der Waals surface area contributed by atoms with E-state index in [9.17, 15) is 4.39 Å². The number of nitrogens with zero attached hydrogens (tertiary/aromatic N) is 1. The van der Waals surface area contributed by atoms with Gasteiger partial charge in [-0.15, -0.1) is 0 Å². The molecule has 1 heterocycles. The lowest BCUT2D eigenvalue weighted by Crippen LogP contribution is -2.45. The summed E-state index contributed by atoms with van der Waals surface area (Å²) in [5.41, 5.74) is 13.3. The van der Waals surface area contributed by atoms with Crippen molar-refractivity contribution in [3.63, 3.8) is 0 Å². The van der Waals surface area contributed by atoms with Gasteiger partial charge in [-0.3, -0.25) is 0 Å². The molecule has 1 saturated heterocycles. The third-order valence-electron chi connectivity index (χ3n) is 4.22. The smallest absolute Gasteiger partial charge is 0.152 e. The van der Waals surface area contributed by atoms with Gasteiger partial charge in [-0.2, -0.15) is 0 Å². The molecule has 2 atom stereocenters. The zero-order chi connectivity index (χ0) is 14.8. The maximum Gasteiger partial charge on any atom is 0.152 e. The number of nitrogen functional groups attached to an aromatic ring is 1. The summed E-state index contributed by atoms with van der Waals surface area (Å²) in [5.74, 6) is -0.251. The van der Waals surface area contributed by atoms with E-state index in [0.29, 0.717) is 43.2 Å². The predicted molar refractivity (Wildman–Crippen MR) is 79.6 cm³/mol. The average molecular weight is 295 g/mol. The van der Waals surface area contributed by atoms with Crippen molar-refractivity contribution in [1.29, 1.82) is 0 Å². The highest BCUT2D eigenvalue weighted by atomic mass is 19.1. The second-order valence-corrected chi connectivity index (χ2v) is 5.70. The topological polar surface area (TPSA) is 73.7 Å². The number of benzene rings is 1. The van der Waals surface area contributed by atoms with E-state index in [0.717, 1.165) is 12.8 Å². The Hall–Kier alpha value is -1.37. The lowest BCUT2D eigenvalue weighted by Gasteiger charge is -2.33. The molecule has 1 aromatic rings. The Labute approximate surface area is 124 Å². The summed E-state index contributed by atoms with van der Waals surface area (Å²) in [4.78, 5) is 1.97. The molecule has 5 nitrogen and oxygen atoms in total. The summed E-state index contributed by atoms with van der Waals surface area (Å²) in [7, 11) is 0. The fourth-order valence-electron chi connectivity index (χ4n) is 2.73. The van der Waals surface area contributed by atoms with Gasteiger partial charge in [-0.25, -0.2) is 4.39 Å². The van der Waals surface area contributed by atoms with Gasteiger partial charge in [0.05, 0.1) is 31.6 Å². The summed E-state index contributed by atoms with van der Waals surface area (Å²) < 4.78 is 25.6. The van der Waals surface area contributed by atoms with Crippen LogP contribution in [0.2, 0.25) is 0 Å². The van der Waals surface area contributed by atoms with Crippen LogP contribution in [-0.2, 0) is 16.1 Å². The molecule has 1 aliphatic heterocycles. The molecule has 0 aromatic heterocycles. The van der Waals surface area contributed by atoms with Crippen LogP contribution in [0.1, 0.15) is 18.4 Å². The first-order valence-corrected chi connectivity index (χ1v) is 7.43. The molecule has 2 aliphatic rings. The molecule has 6 heteroatoms. The second kappa shape index (κ2) is 6.17. The Morgan fingerprint density at radius 2 is 2.05 bits per heavy atom. The van der Waals surface area contributed by atoms with Gasteiger partial charge < -0.3 is 25.8 Å². The summed E-state index contributed by atoms with van der Waals surface area (Å²) >= 11 is 0. The number of halogens is 1. The van der Waals surface area contributed by atoms with Crippen LogP contribution in [-0.4, -0.2) is 38.4 Å². The van der Waals surface area contributed by atoms with Gasteiger partial charge in [0.15, 0.2) is 5.82 Å². The van der Waals surface area contributed by atoms with Crippen LogP contribution in [0.3, 0.4) is 0 Å². The van der Waals surface area contributed by atoms with E-state index in [1.807, 2.05) is 4.90 Å². The standard InChI is InChI=1S/C15H22FN3O2/c16-15-10(9-21-14-2-1-12(14)18)7-11(17)8-13(15)19-3-5-20-6-4-19/h7-8,12,14H,1-6,9,17-18H2/t12-,14-/m1/s1. The minimum absolute atomic E-state index is 0.0395. The van der Waals surface area contributed by atoms with Crippen LogP contribution < -0.4 is 16.4 Å². The largest absolute Gasteiger partial charge is 0.399 e. The quantitative estimate of drug-likeness (QED) is 0.818. The summed E-state index contributed by atoms with van der Waals surface area (Å²) in [6.07, 6.45) is 1.96. The molecule has 4 N–H and O–H groups in total. The number of morpholine rings is 1. The molecule has 1 aliphatic carbocycles. The zero-order valence-corrected chi connectivity index (χ0v) is 12.1. The number of hydrogen-bond donors (Lipinski definition) is 2. The minimum Gasteiger partial charge on any atom is -0.399 e. The van der Waals surface area contributed by atoms with Crippen molar-refractivity contribution >= 4 is 11.4 Å². The zero-order valence-electron chi connectivity index (χ0n) is 12.1. The van der Waals surface area contributed by atoms with E-state index in [1.54, 1.807) is 12.1 Å². The van der Waals surface area contributed by atoms with Crippen LogP contribution >= 0.6 is 0 Å². The first-order chi connectivity index (χ1) is 10.1. The predicted octanol–water partition coefficient (Wildman–Crippen LogP) is 1.25. The van der Waals surface area contributed by atoms with Crippen molar-refractivity contribution in [3.05, 3.63) is 23.5 Å². The van der Waals surface area contributed by atoms with Crippen LogP contribution in [0, 0.1) is 5.82 Å². The van der Waals surface area contributed by atoms with Crippen molar-refractivity contribution in [2.45, 2.75) is 31.6 Å². The van der Waals surface area contributed by atoms with Gasteiger partial charge in [0.1, 0.15) is 0 Å². The molecule has 0 radical (unpaired) electrons. The van der Waals surface area contributed by atoms with Gasteiger partial charge >= 0.3 is 0 Å². The highest BCUT2D eigenvalue weighted by Gasteiger charge is 2.28. The molecule has 21 heavy (non-hydrogen) atoms. The molecule has 0 unspecified atom stereocenters. The summed E-state index contributed by atoms with van der Waals surface area (Å²) in [5, 5.41) is 0. The fraction of sp³-hybridized carbons (Fsp3) is 0.600. The maximum atomic E-state index is 14.7. The Morgan fingerprint density at radius 3 is 2.67 bits per heavy atom. The van der Waals surface area contributed by atoms with Crippen molar-refractivity contribution in [2.75, 3.05) is 36.9 Å². The SMILES string of the molecule is Nc1cc(CO[C@@H]2CC[C@H]2N)c(F)c(N2CCOCC2)c1. The normalized spacial score (nSPS) is 25.7. The highest BCUT2D eigenvalue weighted by molar-refractivity contribution is 5.60. The Kier molecular flexibility index (Phi) is 4.28. The molecule has 0 bridgehead atoms. The maximum absolute atomic E-state index is 14.7. The number of hydrogen-bond acceptors (Lipinski definition) is 5. The third kappa shape index (κ3) is 3.12. The Bertz CT molecular complexity index is 506. The molecule has 0 amide bonds. The van der Waals surface area contributed by atoms with Gasteiger partial charge in [0, 0.05) is 30.4 Å². The first kappa shape index (κ1) is 14.6. The van der Waals surface area contributed by atoms with Crippen molar-refractivity contribution in [1.82, 2.24) is 0 Å². The van der Waals surface area contributed by atoms with Gasteiger partial charge in [-0.1, -0.05) is 0 Å². The van der Waals surface area contributed by atoms with Crippen LogP contribution in [0.5, 0.6) is 0 Å². The number of anilines is 2. The fourth-order valence-corrected chi connectivity index (χ4v) is 2.73. The number of ether oxygens (including phenoxy) is 2. The lowest BCUT2D eigenvalue weighted by molar-refractivity contribution is -0.0255. The van der Waals surface area contributed by atoms with Gasteiger partial charge in [0.25, 0.3) is 0 Å². The molecule has 0 spiro atoms. The van der Waals surface area contributed by atoms with Crippen LogP contribution in [0.4, 0.5) is 15.8 Å². The van der Waals surface area contributed by atoms with Crippen molar-refractivity contribution in [2.24, 2.45) is 5.73 Å². The van der Waals surface area contributed by atoms with E-state index in [-0.39, 0.29) is 24.6 Å². The van der Waals surface area contributed by atoms with Crippen LogP contribution in [0.15, 0.2) is 12.1 Å². The third-order valence-corrected chi connectivity index (χ3v) is 4.22. The average Bonchev–Trinajstić information content (AvgIpc) is 2.49. The molecule has 1 aromatic carbocycles. The van der Waals surface area contributed by atoms with Crippen molar-refractivity contribution in [3.8, 4) is 0 Å². The second-order valence-electron chi connectivity index (χ2n) is 5.70. The molecular formula is C15H22FN3O2. The lowest BCUT2D eigenvalue weighted by atomic mass is 9.90. The van der Waals surface area contributed by atoms with Gasteiger partial charge in [0.2, 0.25) is 0 Å². The van der Waals surface area contributed by atoms with Crippen LogP contribution in [0.25, 0.3) is 0 Å². The highest BCUT2D eigenvalue weighted by Crippen LogP contribution is 2.29. The van der Waals surface area contributed by atoms with Crippen molar-refractivity contribution < 1.29 is 13.9 Å². The molecule has 3 rings (SSSR count). The van der Waals surface area contributed by atoms with E-state index < -0.39 is 0 Å². The molecular weight excluding hydrogens is 273 g/mol.